The van der Waals surface area contributed by atoms with Gasteiger partial charge < -0.3 is 10.0 Å². The third-order valence-electron chi connectivity index (χ3n) is 3.31. The Morgan fingerprint density at radius 3 is 2.63 bits per heavy atom. The summed E-state index contributed by atoms with van der Waals surface area (Å²) in [4.78, 5) is 6.16. The quantitative estimate of drug-likeness (QED) is 0.866. The Hall–Kier alpha value is -1.84. The number of aliphatic imine (C=N–C) groups is 1. The van der Waals surface area contributed by atoms with Gasteiger partial charge in [0, 0.05) is 23.2 Å². The van der Waals surface area contributed by atoms with E-state index in [1.54, 1.807) is 12.4 Å². The van der Waals surface area contributed by atoms with Gasteiger partial charge in [0.15, 0.2) is 0 Å². The smallest absolute Gasteiger partial charge is 0.212 e. The maximum absolute atomic E-state index is 11.0. The first-order valence-corrected chi connectivity index (χ1v) is 6.35. The number of fused-ring (bicyclic) bond motifs is 1. The topological polar surface area (TPSA) is 35.8 Å². The van der Waals surface area contributed by atoms with Crippen LogP contribution in [0.2, 0.25) is 5.02 Å². The first-order valence-electron chi connectivity index (χ1n) is 5.97. The van der Waals surface area contributed by atoms with E-state index in [9.17, 15) is 5.11 Å². The fourth-order valence-corrected chi connectivity index (χ4v) is 2.47. The summed E-state index contributed by atoms with van der Waals surface area (Å²) in [6.45, 7) is 0. The van der Waals surface area contributed by atoms with Gasteiger partial charge in [0.05, 0.1) is 12.0 Å². The van der Waals surface area contributed by atoms with Crippen LogP contribution in [-0.2, 0) is 5.72 Å². The monoisotopic (exact) mass is 272 g/mol. The molecular weight excluding hydrogens is 260 g/mol. The Morgan fingerprint density at radius 1 is 1.16 bits per heavy atom. The summed E-state index contributed by atoms with van der Waals surface area (Å²) in [5.41, 5.74) is 0.929. The summed E-state index contributed by atoms with van der Waals surface area (Å²) in [5.74, 6) is 0. The Labute approximate surface area is 116 Å². The van der Waals surface area contributed by atoms with Gasteiger partial charge in [-0.3, -0.25) is 0 Å². The van der Waals surface area contributed by atoms with Crippen molar-refractivity contribution in [2.24, 2.45) is 4.99 Å². The number of halogens is 1. The van der Waals surface area contributed by atoms with Gasteiger partial charge in [-0.15, -0.1) is 0 Å². The fourth-order valence-electron chi connectivity index (χ4n) is 2.30. The highest BCUT2D eigenvalue weighted by Gasteiger charge is 2.36. The summed E-state index contributed by atoms with van der Waals surface area (Å²) in [6.07, 6.45) is 1.63. The van der Waals surface area contributed by atoms with E-state index < -0.39 is 5.72 Å². The van der Waals surface area contributed by atoms with E-state index in [0.29, 0.717) is 10.6 Å². The van der Waals surface area contributed by atoms with Crippen molar-refractivity contribution < 1.29 is 5.11 Å². The summed E-state index contributed by atoms with van der Waals surface area (Å²) in [6, 6.07) is 14.8. The molecule has 0 unspecified atom stereocenters. The van der Waals surface area contributed by atoms with Gasteiger partial charge in [0.1, 0.15) is 0 Å². The molecule has 0 radical (unpaired) electrons. The van der Waals surface area contributed by atoms with E-state index in [-0.39, 0.29) is 0 Å². The Kier molecular flexibility index (Phi) is 2.81. The highest BCUT2D eigenvalue weighted by atomic mass is 35.5. The van der Waals surface area contributed by atoms with Gasteiger partial charge in [-0.1, -0.05) is 41.9 Å². The Morgan fingerprint density at radius 2 is 1.89 bits per heavy atom. The van der Waals surface area contributed by atoms with E-state index in [2.05, 4.69) is 4.99 Å². The number of rotatable bonds is 1. The SMILES string of the molecule is CN1C=N[C@](O)(c2ccccc2)c2cc(Cl)ccc21. The first kappa shape index (κ1) is 12.2. The molecule has 0 spiro atoms. The van der Waals surface area contributed by atoms with Gasteiger partial charge in [-0.2, -0.15) is 0 Å². The zero-order valence-electron chi connectivity index (χ0n) is 10.4. The van der Waals surface area contributed by atoms with Crippen LogP contribution >= 0.6 is 11.6 Å². The minimum Gasteiger partial charge on any atom is -0.362 e. The van der Waals surface area contributed by atoms with Crippen molar-refractivity contribution in [2.45, 2.75) is 5.72 Å². The second-order valence-electron chi connectivity index (χ2n) is 4.56. The van der Waals surface area contributed by atoms with Crippen molar-refractivity contribution in [3.8, 4) is 0 Å². The molecule has 1 atom stereocenters. The average Bonchev–Trinajstić information content (AvgIpc) is 2.44. The molecule has 0 aromatic heterocycles. The summed E-state index contributed by atoms with van der Waals surface area (Å²) in [5, 5.41) is 11.5. The van der Waals surface area contributed by atoms with Crippen LogP contribution in [-0.4, -0.2) is 18.5 Å². The Balaban J connectivity index is 2.24. The number of hydrogen-bond donors (Lipinski definition) is 1. The predicted octanol–water partition coefficient (Wildman–Crippen LogP) is 3.01. The van der Waals surface area contributed by atoms with Gasteiger partial charge in [0.25, 0.3) is 0 Å². The molecule has 1 heterocycles. The summed E-state index contributed by atoms with van der Waals surface area (Å²) < 4.78 is 0. The number of hydrogen-bond acceptors (Lipinski definition) is 3. The minimum atomic E-state index is -1.38. The van der Waals surface area contributed by atoms with E-state index in [1.807, 2.05) is 54.4 Å². The molecule has 3 nitrogen and oxygen atoms in total. The standard InChI is InChI=1S/C15H13ClN2O/c1-18-10-17-15(19,11-5-3-2-4-6-11)13-9-12(16)7-8-14(13)18/h2-10,19H,1H3/t15-/m0/s1. The summed E-state index contributed by atoms with van der Waals surface area (Å²) in [7, 11) is 1.89. The second-order valence-corrected chi connectivity index (χ2v) is 4.99. The van der Waals surface area contributed by atoms with Crippen LogP contribution in [0.5, 0.6) is 0 Å². The zero-order chi connectivity index (χ0) is 13.5. The highest BCUT2D eigenvalue weighted by molar-refractivity contribution is 6.30. The van der Waals surface area contributed by atoms with Crippen molar-refractivity contribution in [3.05, 3.63) is 64.7 Å². The van der Waals surface area contributed by atoms with Crippen LogP contribution in [0.25, 0.3) is 0 Å². The lowest BCUT2D eigenvalue weighted by Crippen LogP contribution is -2.34. The molecule has 1 aliphatic rings. The van der Waals surface area contributed by atoms with Gasteiger partial charge in [-0.05, 0) is 18.2 Å². The molecule has 0 fully saturated rings. The maximum Gasteiger partial charge on any atom is 0.212 e. The largest absolute Gasteiger partial charge is 0.362 e. The molecule has 96 valence electrons. The van der Waals surface area contributed by atoms with E-state index >= 15 is 0 Å². The number of aliphatic hydroxyl groups is 1. The van der Waals surface area contributed by atoms with Crippen LogP contribution < -0.4 is 4.90 Å². The molecular formula is C15H13ClN2O. The molecule has 4 heteroatoms. The third kappa shape index (κ3) is 1.91. The minimum absolute atomic E-state index is 0.582. The molecule has 0 saturated heterocycles. The molecule has 0 bridgehead atoms. The number of benzene rings is 2. The normalized spacial score (nSPS) is 21.3. The number of anilines is 1. The molecule has 0 aliphatic carbocycles. The van der Waals surface area contributed by atoms with Crippen LogP contribution in [0.1, 0.15) is 11.1 Å². The average molecular weight is 273 g/mol. The molecule has 0 amide bonds. The predicted molar refractivity (Wildman–Crippen MR) is 77.8 cm³/mol. The van der Waals surface area contributed by atoms with Gasteiger partial charge in [0.2, 0.25) is 5.72 Å². The van der Waals surface area contributed by atoms with Gasteiger partial charge in [-0.25, -0.2) is 4.99 Å². The van der Waals surface area contributed by atoms with Crippen molar-refractivity contribution in [1.82, 2.24) is 0 Å². The van der Waals surface area contributed by atoms with Crippen molar-refractivity contribution in [2.75, 3.05) is 11.9 Å². The van der Waals surface area contributed by atoms with Crippen molar-refractivity contribution in [1.29, 1.82) is 0 Å². The van der Waals surface area contributed by atoms with Crippen LogP contribution in [0.15, 0.2) is 53.5 Å². The second kappa shape index (κ2) is 4.37. The van der Waals surface area contributed by atoms with Crippen LogP contribution in [0.4, 0.5) is 5.69 Å². The lowest BCUT2D eigenvalue weighted by Gasteiger charge is -2.33. The summed E-state index contributed by atoms with van der Waals surface area (Å²) >= 11 is 6.06. The van der Waals surface area contributed by atoms with Crippen LogP contribution in [0.3, 0.4) is 0 Å². The van der Waals surface area contributed by atoms with Crippen molar-refractivity contribution >= 4 is 23.6 Å². The highest BCUT2D eigenvalue weighted by Crippen LogP contribution is 2.40. The lowest BCUT2D eigenvalue weighted by molar-refractivity contribution is 0.0908. The zero-order valence-corrected chi connectivity index (χ0v) is 11.2. The lowest BCUT2D eigenvalue weighted by atomic mass is 9.92. The first-order chi connectivity index (χ1) is 9.11. The fraction of sp³-hybridized carbons (Fsp3) is 0.133. The molecule has 19 heavy (non-hydrogen) atoms. The molecule has 3 rings (SSSR count). The third-order valence-corrected chi connectivity index (χ3v) is 3.54. The molecule has 2 aromatic rings. The van der Waals surface area contributed by atoms with E-state index in [1.165, 1.54) is 0 Å². The van der Waals surface area contributed by atoms with E-state index in [0.717, 1.165) is 11.3 Å². The van der Waals surface area contributed by atoms with Crippen molar-refractivity contribution in [3.63, 3.8) is 0 Å². The molecule has 2 aromatic carbocycles. The van der Waals surface area contributed by atoms with Crippen LogP contribution in [0, 0.1) is 0 Å². The molecule has 1 N–H and O–H groups in total. The Bertz CT molecular complexity index is 642. The van der Waals surface area contributed by atoms with Gasteiger partial charge >= 0.3 is 0 Å². The molecule has 0 saturated carbocycles. The number of nitrogens with zero attached hydrogens (tertiary/aromatic N) is 2. The molecule has 1 aliphatic heterocycles. The van der Waals surface area contributed by atoms with E-state index in [4.69, 9.17) is 11.6 Å². The maximum atomic E-state index is 11.0.